The van der Waals surface area contributed by atoms with Crippen molar-refractivity contribution in [2.75, 3.05) is 19.7 Å². The molecule has 7 heteroatoms. The Balaban J connectivity index is 1.98. The average molecular weight is 290 g/mol. The summed E-state index contributed by atoms with van der Waals surface area (Å²) < 4.78 is 40.0. The van der Waals surface area contributed by atoms with E-state index in [0.717, 1.165) is 5.56 Å². The summed E-state index contributed by atoms with van der Waals surface area (Å²) in [5.41, 5.74) is 1.14. The van der Waals surface area contributed by atoms with Crippen LogP contribution < -0.4 is 10.6 Å². The van der Waals surface area contributed by atoms with Crippen LogP contribution >= 0.6 is 0 Å². The second-order valence-electron chi connectivity index (χ2n) is 4.12. The lowest BCUT2D eigenvalue weighted by atomic mass is 10.2. The molecule has 0 heterocycles. The van der Waals surface area contributed by atoms with Gasteiger partial charge in [-0.2, -0.15) is 13.2 Å². The monoisotopic (exact) mass is 290 g/mol. The third kappa shape index (κ3) is 8.36. The first-order chi connectivity index (χ1) is 9.47. The van der Waals surface area contributed by atoms with Gasteiger partial charge in [-0.15, -0.1) is 0 Å². The van der Waals surface area contributed by atoms with Crippen LogP contribution in [0.25, 0.3) is 0 Å². The predicted octanol–water partition coefficient (Wildman–Crippen LogP) is 2.45. The van der Waals surface area contributed by atoms with Crippen molar-refractivity contribution in [3.63, 3.8) is 0 Å². The van der Waals surface area contributed by atoms with Gasteiger partial charge in [-0.1, -0.05) is 30.3 Å². The van der Waals surface area contributed by atoms with Crippen LogP contribution in [0.2, 0.25) is 0 Å². The summed E-state index contributed by atoms with van der Waals surface area (Å²) in [6.45, 7) is 0.00608. The van der Waals surface area contributed by atoms with E-state index in [1.54, 1.807) is 5.32 Å². The SMILES string of the molecule is O=C(NCC(F)(F)F)OCCCNCc1ccccc1. The second kappa shape index (κ2) is 8.42. The number of halogens is 3. The molecule has 1 amide bonds. The molecule has 0 fully saturated rings. The number of carbonyl (C=O) groups is 1. The molecule has 0 aromatic heterocycles. The molecule has 0 radical (unpaired) electrons. The van der Waals surface area contributed by atoms with E-state index in [1.165, 1.54) is 0 Å². The van der Waals surface area contributed by atoms with Crippen LogP contribution in [0.3, 0.4) is 0 Å². The first-order valence-electron chi connectivity index (χ1n) is 6.19. The van der Waals surface area contributed by atoms with Crippen molar-refractivity contribution in [3.05, 3.63) is 35.9 Å². The molecule has 0 aliphatic heterocycles. The molecule has 4 nitrogen and oxygen atoms in total. The maximum atomic E-state index is 11.8. The van der Waals surface area contributed by atoms with Crippen molar-refractivity contribution in [1.82, 2.24) is 10.6 Å². The van der Waals surface area contributed by atoms with Crippen molar-refractivity contribution >= 4 is 6.09 Å². The van der Waals surface area contributed by atoms with Crippen LogP contribution in [0.4, 0.5) is 18.0 Å². The lowest BCUT2D eigenvalue weighted by molar-refractivity contribution is -0.123. The first kappa shape index (κ1) is 16.3. The summed E-state index contributed by atoms with van der Waals surface area (Å²) in [4.78, 5) is 10.9. The number of hydrogen-bond acceptors (Lipinski definition) is 3. The third-order valence-electron chi connectivity index (χ3n) is 2.34. The number of nitrogens with one attached hydrogen (secondary N) is 2. The highest BCUT2D eigenvalue weighted by atomic mass is 19.4. The molecule has 2 N–H and O–H groups in total. The topological polar surface area (TPSA) is 50.4 Å². The summed E-state index contributed by atoms with van der Waals surface area (Å²) in [5, 5.41) is 4.77. The Morgan fingerprint density at radius 1 is 1.20 bits per heavy atom. The van der Waals surface area contributed by atoms with Gasteiger partial charge in [0.05, 0.1) is 6.61 Å². The number of alkyl carbamates (subject to hydrolysis) is 1. The zero-order chi connectivity index (χ0) is 14.8. The minimum Gasteiger partial charge on any atom is -0.450 e. The highest BCUT2D eigenvalue weighted by Gasteiger charge is 2.27. The fraction of sp³-hybridized carbons (Fsp3) is 0.462. The normalized spacial score (nSPS) is 11.2. The Morgan fingerprint density at radius 2 is 1.90 bits per heavy atom. The highest BCUT2D eigenvalue weighted by molar-refractivity contribution is 5.67. The molecule has 112 valence electrons. The van der Waals surface area contributed by atoms with Gasteiger partial charge in [0.15, 0.2) is 0 Å². The fourth-order valence-corrected chi connectivity index (χ4v) is 1.41. The van der Waals surface area contributed by atoms with E-state index in [1.807, 2.05) is 30.3 Å². The number of benzene rings is 1. The van der Waals surface area contributed by atoms with Gasteiger partial charge in [0.1, 0.15) is 6.54 Å². The summed E-state index contributed by atoms with van der Waals surface area (Å²) in [7, 11) is 0. The number of ether oxygens (including phenoxy) is 1. The van der Waals surface area contributed by atoms with Gasteiger partial charge in [-0.3, -0.25) is 0 Å². The van der Waals surface area contributed by atoms with Gasteiger partial charge in [0, 0.05) is 6.54 Å². The highest BCUT2D eigenvalue weighted by Crippen LogP contribution is 2.12. The van der Waals surface area contributed by atoms with Crippen molar-refractivity contribution < 1.29 is 22.7 Å². The minimum absolute atomic E-state index is 0.0749. The van der Waals surface area contributed by atoms with E-state index in [0.29, 0.717) is 19.5 Å². The molecule has 0 aliphatic rings. The van der Waals surface area contributed by atoms with Crippen LogP contribution in [0.1, 0.15) is 12.0 Å². The maximum Gasteiger partial charge on any atom is 0.407 e. The van der Waals surface area contributed by atoms with Crippen LogP contribution in [0.15, 0.2) is 30.3 Å². The van der Waals surface area contributed by atoms with Crippen molar-refractivity contribution in [3.8, 4) is 0 Å². The molecule has 20 heavy (non-hydrogen) atoms. The van der Waals surface area contributed by atoms with Gasteiger partial charge in [0.2, 0.25) is 0 Å². The molecule has 0 bridgehead atoms. The summed E-state index contributed by atoms with van der Waals surface area (Å²) in [6.07, 6.45) is -4.94. The van der Waals surface area contributed by atoms with Gasteiger partial charge in [0.25, 0.3) is 0 Å². The van der Waals surface area contributed by atoms with E-state index >= 15 is 0 Å². The number of rotatable bonds is 7. The Bertz CT molecular complexity index is 396. The Hall–Kier alpha value is -1.76. The van der Waals surface area contributed by atoms with E-state index in [4.69, 9.17) is 0 Å². The predicted molar refractivity (Wildman–Crippen MR) is 68.2 cm³/mol. The van der Waals surface area contributed by atoms with Crippen LogP contribution in [0, 0.1) is 0 Å². The zero-order valence-electron chi connectivity index (χ0n) is 10.9. The molecule has 1 rings (SSSR count). The number of alkyl halides is 3. The standard InChI is InChI=1S/C13H17F3N2O2/c14-13(15,16)10-18-12(19)20-8-4-7-17-9-11-5-2-1-3-6-11/h1-3,5-6,17H,4,7-10H2,(H,18,19). The van der Waals surface area contributed by atoms with Gasteiger partial charge >= 0.3 is 12.3 Å². The lowest BCUT2D eigenvalue weighted by Gasteiger charge is -2.09. The van der Waals surface area contributed by atoms with Gasteiger partial charge in [-0.05, 0) is 18.5 Å². The van der Waals surface area contributed by atoms with Crippen LogP contribution in [0.5, 0.6) is 0 Å². The fourth-order valence-electron chi connectivity index (χ4n) is 1.41. The van der Waals surface area contributed by atoms with Gasteiger partial charge in [-0.25, -0.2) is 4.79 Å². The summed E-state index contributed by atoms with van der Waals surface area (Å²) >= 11 is 0. The molecular formula is C13H17F3N2O2. The molecule has 0 aliphatic carbocycles. The van der Waals surface area contributed by atoms with E-state index in [2.05, 4.69) is 10.1 Å². The third-order valence-corrected chi connectivity index (χ3v) is 2.34. The average Bonchev–Trinajstić information content (AvgIpc) is 2.41. The molecular weight excluding hydrogens is 273 g/mol. The molecule has 0 spiro atoms. The second-order valence-corrected chi connectivity index (χ2v) is 4.12. The van der Waals surface area contributed by atoms with E-state index in [9.17, 15) is 18.0 Å². The van der Waals surface area contributed by atoms with Gasteiger partial charge < -0.3 is 15.4 Å². The molecule has 0 unspecified atom stereocenters. The lowest BCUT2D eigenvalue weighted by Crippen LogP contribution is -2.34. The Morgan fingerprint density at radius 3 is 2.55 bits per heavy atom. The van der Waals surface area contributed by atoms with Crippen molar-refractivity contribution in [2.24, 2.45) is 0 Å². The number of hydrogen-bond donors (Lipinski definition) is 2. The molecule has 1 aromatic carbocycles. The van der Waals surface area contributed by atoms with Crippen molar-refractivity contribution in [2.45, 2.75) is 19.1 Å². The Labute approximate surface area is 115 Å². The first-order valence-corrected chi connectivity index (χ1v) is 6.19. The number of amides is 1. The van der Waals surface area contributed by atoms with E-state index < -0.39 is 18.8 Å². The smallest absolute Gasteiger partial charge is 0.407 e. The van der Waals surface area contributed by atoms with Crippen LogP contribution in [-0.4, -0.2) is 32.0 Å². The summed E-state index contributed by atoms with van der Waals surface area (Å²) in [5.74, 6) is 0. The molecule has 0 saturated heterocycles. The minimum atomic E-state index is -4.42. The Kier molecular flexibility index (Phi) is 6.86. The van der Waals surface area contributed by atoms with Crippen LogP contribution in [-0.2, 0) is 11.3 Å². The zero-order valence-corrected chi connectivity index (χ0v) is 10.9. The number of carbonyl (C=O) groups excluding carboxylic acids is 1. The largest absolute Gasteiger partial charge is 0.450 e. The quantitative estimate of drug-likeness (QED) is 0.758. The molecule has 0 atom stereocenters. The summed E-state index contributed by atoms with van der Waals surface area (Å²) in [6, 6.07) is 9.76. The molecule has 0 saturated carbocycles. The molecule has 1 aromatic rings. The van der Waals surface area contributed by atoms with E-state index in [-0.39, 0.29) is 6.61 Å². The maximum absolute atomic E-state index is 11.8. The van der Waals surface area contributed by atoms with Crippen molar-refractivity contribution in [1.29, 1.82) is 0 Å².